The van der Waals surface area contributed by atoms with Crippen LogP contribution >= 0.6 is 0 Å². The molecule has 1 aromatic rings. The van der Waals surface area contributed by atoms with Crippen molar-refractivity contribution in [3.05, 3.63) is 29.8 Å². The molecule has 0 radical (unpaired) electrons. The number of anilines is 1. The lowest BCUT2D eigenvalue weighted by Gasteiger charge is -2.25. The molecule has 1 saturated heterocycles. The Balaban J connectivity index is 2.17. The molecule has 2 rings (SSSR count). The van der Waals surface area contributed by atoms with Crippen molar-refractivity contribution in [3.63, 3.8) is 0 Å². The first-order valence-electron chi connectivity index (χ1n) is 5.12. The smallest absolute Gasteiger partial charge is 0.0992 e. The molecule has 1 unspecified atom stereocenters. The van der Waals surface area contributed by atoms with Gasteiger partial charge in [0.25, 0.3) is 0 Å². The molecular formula is C12H14N2O. The maximum atomic E-state index is 8.82. The van der Waals surface area contributed by atoms with E-state index in [9.17, 15) is 0 Å². The largest absolute Gasteiger partial charge is 0.379 e. The molecule has 1 atom stereocenters. The minimum atomic E-state index is 0.443. The van der Waals surface area contributed by atoms with E-state index in [0.717, 1.165) is 25.3 Å². The van der Waals surface area contributed by atoms with Crippen LogP contribution in [0.2, 0.25) is 0 Å². The monoisotopic (exact) mass is 202 g/mol. The van der Waals surface area contributed by atoms with E-state index in [1.54, 1.807) is 0 Å². The third-order valence-electron chi connectivity index (χ3n) is 2.84. The molecule has 0 amide bonds. The van der Waals surface area contributed by atoms with Gasteiger partial charge in [0.1, 0.15) is 0 Å². The van der Waals surface area contributed by atoms with E-state index in [-0.39, 0.29) is 0 Å². The fourth-order valence-corrected chi connectivity index (χ4v) is 1.83. The number of rotatable bonds is 2. The quantitative estimate of drug-likeness (QED) is 0.733. The lowest BCUT2D eigenvalue weighted by atomic mass is 10.1. The summed E-state index contributed by atoms with van der Waals surface area (Å²) < 4.78 is 5.35. The van der Waals surface area contributed by atoms with Crippen LogP contribution < -0.4 is 4.90 Å². The van der Waals surface area contributed by atoms with E-state index >= 15 is 0 Å². The van der Waals surface area contributed by atoms with Crippen LogP contribution in [-0.4, -0.2) is 26.3 Å². The second-order valence-electron chi connectivity index (χ2n) is 3.79. The number of nitrogens with zero attached hydrogens (tertiary/aromatic N) is 2. The van der Waals surface area contributed by atoms with E-state index in [1.165, 1.54) is 0 Å². The van der Waals surface area contributed by atoms with Crippen LogP contribution in [-0.2, 0) is 4.74 Å². The predicted molar refractivity (Wildman–Crippen MR) is 58.8 cm³/mol. The molecule has 3 nitrogen and oxygen atoms in total. The first-order valence-corrected chi connectivity index (χ1v) is 5.12. The Labute approximate surface area is 89.9 Å². The molecule has 1 aliphatic rings. The zero-order valence-electron chi connectivity index (χ0n) is 8.81. The summed E-state index contributed by atoms with van der Waals surface area (Å²) in [6.45, 7) is 1.63. The number of hydrogen-bond donors (Lipinski definition) is 0. The zero-order chi connectivity index (χ0) is 10.7. The summed E-state index contributed by atoms with van der Waals surface area (Å²) in [5.41, 5.74) is 1.79. The first kappa shape index (κ1) is 10.0. The number of hydrogen-bond acceptors (Lipinski definition) is 3. The van der Waals surface area contributed by atoms with Crippen LogP contribution in [0.3, 0.4) is 0 Å². The van der Waals surface area contributed by atoms with E-state index in [2.05, 4.69) is 18.0 Å². The van der Waals surface area contributed by atoms with Crippen molar-refractivity contribution in [2.45, 2.75) is 12.5 Å². The normalized spacial score (nSPS) is 19.9. The summed E-state index contributed by atoms with van der Waals surface area (Å²) in [7, 11) is 2.05. The summed E-state index contributed by atoms with van der Waals surface area (Å²) in [5, 5.41) is 8.82. The van der Waals surface area contributed by atoms with Gasteiger partial charge in [0.05, 0.1) is 24.3 Å². The lowest BCUT2D eigenvalue weighted by molar-refractivity contribution is 0.193. The molecule has 0 bridgehead atoms. The number of ether oxygens (including phenoxy) is 1. The van der Waals surface area contributed by atoms with E-state index in [1.807, 2.05) is 24.3 Å². The van der Waals surface area contributed by atoms with Gasteiger partial charge in [0, 0.05) is 19.3 Å². The van der Waals surface area contributed by atoms with Gasteiger partial charge >= 0.3 is 0 Å². The molecule has 0 aliphatic carbocycles. The van der Waals surface area contributed by atoms with Gasteiger partial charge < -0.3 is 9.64 Å². The van der Waals surface area contributed by atoms with Crippen molar-refractivity contribution >= 4 is 5.69 Å². The van der Waals surface area contributed by atoms with Crippen LogP contribution in [0, 0.1) is 11.3 Å². The minimum absolute atomic E-state index is 0.443. The van der Waals surface area contributed by atoms with E-state index < -0.39 is 0 Å². The van der Waals surface area contributed by atoms with Gasteiger partial charge in [-0.1, -0.05) is 6.07 Å². The van der Waals surface area contributed by atoms with Crippen LogP contribution in [0.15, 0.2) is 24.3 Å². The van der Waals surface area contributed by atoms with Gasteiger partial charge in [0.2, 0.25) is 0 Å². The topological polar surface area (TPSA) is 36.3 Å². The van der Waals surface area contributed by atoms with Crippen molar-refractivity contribution in [3.8, 4) is 6.07 Å². The Morgan fingerprint density at radius 1 is 1.53 bits per heavy atom. The maximum absolute atomic E-state index is 8.82. The van der Waals surface area contributed by atoms with Gasteiger partial charge in [-0.05, 0) is 24.6 Å². The molecule has 15 heavy (non-hydrogen) atoms. The Bertz CT molecular complexity index is 377. The van der Waals surface area contributed by atoms with Gasteiger partial charge in [-0.3, -0.25) is 0 Å². The Kier molecular flexibility index (Phi) is 2.89. The van der Waals surface area contributed by atoms with Gasteiger partial charge in [0.15, 0.2) is 0 Å². The third kappa shape index (κ3) is 2.11. The number of likely N-dealkylation sites (N-methyl/N-ethyl adjacent to an activating group) is 1. The molecule has 0 spiro atoms. The van der Waals surface area contributed by atoms with Crippen molar-refractivity contribution < 1.29 is 4.74 Å². The zero-order valence-corrected chi connectivity index (χ0v) is 8.81. The number of nitriles is 1. The maximum Gasteiger partial charge on any atom is 0.0992 e. The summed E-state index contributed by atoms with van der Waals surface area (Å²) in [4.78, 5) is 2.19. The van der Waals surface area contributed by atoms with Crippen molar-refractivity contribution in [1.82, 2.24) is 0 Å². The van der Waals surface area contributed by atoms with Crippen LogP contribution in [0.25, 0.3) is 0 Å². The molecule has 1 heterocycles. The van der Waals surface area contributed by atoms with E-state index in [4.69, 9.17) is 10.00 Å². The SMILES string of the molecule is CN(c1cccc(C#N)c1)C1CCOC1. The molecule has 1 fully saturated rings. The second kappa shape index (κ2) is 4.33. The minimum Gasteiger partial charge on any atom is -0.379 e. The average Bonchev–Trinajstić information content (AvgIpc) is 2.81. The highest BCUT2D eigenvalue weighted by molar-refractivity contribution is 5.51. The summed E-state index contributed by atoms with van der Waals surface area (Å²) >= 11 is 0. The third-order valence-corrected chi connectivity index (χ3v) is 2.84. The van der Waals surface area contributed by atoms with Gasteiger partial charge in [-0.25, -0.2) is 0 Å². The van der Waals surface area contributed by atoms with Crippen LogP contribution in [0.5, 0.6) is 0 Å². The molecule has 78 valence electrons. The Morgan fingerprint density at radius 3 is 3.07 bits per heavy atom. The highest BCUT2D eigenvalue weighted by atomic mass is 16.5. The van der Waals surface area contributed by atoms with Gasteiger partial charge in [-0.2, -0.15) is 5.26 Å². The van der Waals surface area contributed by atoms with E-state index in [0.29, 0.717) is 11.6 Å². The second-order valence-corrected chi connectivity index (χ2v) is 3.79. The number of benzene rings is 1. The fraction of sp³-hybridized carbons (Fsp3) is 0.417. The summed E-state index contributed by atoms with van der Waals surface area (Å²) in [6.07, 6.45) is 1.06. The standard InChI is InChI=1S/C12H14N2O/c1-14(12-5-6-15-9-12)11-4-2-3-10(7-11)8-13/h2-4,7,12H,5-6,9H2,1H3. The first-order chi connectivity index (χ1) is 7.31. The molecule has 3 heteroatoms. The summed E-state index contributed by atoms with van der Waals surface area (Å²) in [6, 6.07) is 10.3. The predicted octanol–water partition coefficient (Wildman–Crippen LogP) is 1.78. The highest BCUT2D eigenvalue weighted by Crippen LogP contribution is 2.20. The highest BCUT2D eigenvalue weighted by Gasteiger charge is 2.20. The Morgan fingerprint density at radius 2 is 2.40 bits per heavy atom. The molecule has 0 N–H and O–H groups in total. The molecular weight excluding hydrogens is 188 g/mol. The fourth-order valence-electron chi connectivity index (χ4n) is 1.83. The van der Waals surface area contributed by atoms with Crippen molar-refractivity contribution in [2.24, 2.45) is 0 Å². The average molecular weight is 202 g/mol. The Hall–Kier alpha value is -1.53. The van der Waals surface area contributed by atoms with Crippen LogP contribution in [0.1, 0.15) is 12.0 Å². The molecule has 0 aromatic heterocycles. The van der Waals surface area contributed by atoms with Crippen molar-refractivity contribution in [1.29, 1.82) is 5.26 Å². The van der Waals surface area contributed by atoms with Crippen LogP contribution in [0.4, 0.5) is 5.69 Å². The van der Waals surface area contributed by atoms with Crippen molar-refractivity contribution in [2.75, 3.05) is 25.2 Å². The summed E-state index contributed by atoms with van der Waals surface area (Å²) in [5.74, 6) is 0. The molecule has 1 aromatic carbocycles. The molecule has 1 aliphatic heterocycles. The van der Waals surface area contributed by atoms with Gasteiger partial charge in [-0.15, -0.1) is 0 Å². The molecule has 0 saturated carbocycles. The lowest BCUT2D eigenvalue weighted by Crippen LogP contribution is -2.31.